The fourth-order valence-electron chi connectivity index (χ4n) is 2.12. The first kappa shape index (κ1) is 11.5. The lowest BCUT2D eigenvalue weighted by Gasteiger charge is -2.05. The van der Waals surface area contributed by atoms with Gasteiger partial charge in [0.05, 0.1) is 16.6 Å². The van der Waals surface area contributed by atoms with Crippen LogP contribution < -0.4 is 0 Å². The molecule has 3 rings (SSSR count). The van der Waals surface area contributed by atoms with Crippen LogP contribution in [-0.4, -0.2) is 19.8 Å². The van der Waals surface area contributed by atoms with Crippen molar-refractivity contribution < 1.29 is 14.6 Å². The molecule has 2 N–H and O–H groups in total. The molecule has 96 valence electrons. The SMILES string of the molecule is Cn1c(-c2ccc(O)cc2O)nc2cc(F)ccc21. The molecule has 0 atom stereocenters. The summed E-state index contributed by atoms with van der Waals surface area (Å²) in [4.78, 5) is 4.32. The molecule has 19 heavy (non-hydrogen) atoms. The summed E-state index contributed by atoms with van der Waals surface area (Å²) in [6.45, 7) is 0. The molecule has 0 bridgehead atoms. The lowest BCUT2D eigenvalue weighted by Crippen LogP contribution is -1.92. The van der Waals surface area contributed by atoms with E-state index in [1.807, 2.05) is 0 Å². The van der Waals surface area contributed by atoms with Crippen LogP contribution in [0.2, 0.25) is 0 Å². The van der Waals surface area contributed by atoms with Crippen molar-refractivity contribution in [2.75, 3.05) is 0 Å². The van der Waals surface area contributed by atoms with Gasteiger partial charge < -0.3 is 14.8 Å². The van der Waals surface area contributed by atoms with E-state index in [-0.39, 0.29) is 17.3 Å². The van der Waals surface area contributed by atoms with Gasteiger partial charge in [-0.1, -0.05) is 0 Å². The largest absolute Gasteiger partial charge is 0.508 e. The van der Waals surface area contributed by atoms with Crippen molar-refractivity contribution in [1.29, 1.82) is 0 Å². The number of benzene rings is 2. The van der Waals surface area contributed by atoms with Gasteiger partial charge in [-0.05, 0) is 24.3 Å². The quantitative estimate of drug-likeness (QED) is 0.705. The van der Waals surface area contributed by atoms with Gasteiger partial charge in [0.1, 0.15) is 23.1 Å². The number of fused-ring (bicyclic) bond motifs is 1. The minimum Gasteiger partial charge on any atom is -0.508 e. The Hall–Kier alpha value is -2.56. The third kappa shape index (κ3) is 1.79. The second-order valence-corrected chi connectivity index (χ2v) is 4.33. The van der Waals surface area contributed by atoms with Gasteiger partial charge in [0.15, 0.2) is 0 Å². The number of imidazole rings is 1. The number of hydrogen-bond acceptors (Lipinski definition) is 3. The standard InChI is InChI=1S/C14H11FN2O2/c1-17-12-5-2-8(15)6-11(12)16-14(17)10-4-3-9(18)7-13(10)19/h2-7,18-19H,1H3. The minimum atomic E-state index is -0.355. The van der Waals surface area contributed by atoms with Crippen molar-refractivity contribution in [3.05, 3.63) is 42.2 Å². The summed E-state index contributed by atoms with van der Waals surface area (Å²) in [6.07, 6.45) is 0. The average Bonchev–Trinajstić information content (AvgIpc) is 2.66. The third-order valence-electron chi connectivity index (χ3n) is 3.07. The summed E-state index contributed by atoms with van der Waals surface area (Å²) < 4.78 is 14.9. The number of aromatic nitrogens is 2. The van der Waals surface area contributed by atoms with Crippen LogP contribution in [-0.2, 0) is 7.05 Å². The summed E-state index contributed by atoms with van der Waals surface area (Å²) in [7, 11) is 1.79. The minimum absolute atomic E-state index is 0.0222. The predicted octanol–water partition coefficient (Wildman–Crippen LogP) is 2.79. The number of aryl methyl sites for hydroxylation is 1. The van der Waals surface area contributed by atoms with Crippen LogP contribution in [0.5, 0.6) is 11.5 Å². The monoisotopic (exact) mass is 258 g/mol. The molecule has 1 heterocycles. The van der Waals surface area contributed by atoms with E-state index < -0.39 is 0 Å². The van der Waals surface area contributed by atoms with Gasteiger partial charge in [-0.2, -0.15) is 0 Å². The van der Waals surface area contributed by atoms with Crippen molar-refractivity contribution in [2.45, 2.75) is 0 Å². The smallest absolute Gasteiger partial charge is 0.144 e. The number of nitrogens with zero attached hydrogens (tertiary/aromatic N) is 2. The Kier molecular flexibility index (Phi) is 2.41. The first-order valence-electron chi connectivity index (χ1n) is 5.70. The number of halogens is 1. The van der Waals surface area contributed by atoms with Gasteiger partial charge in [-0.3, -0.25) is 0 Å². The molecule has 0 spiro atoms. The van der Waals surface area contributed by atoms with Gasteiger partial charge >= 0.3 is 0 Å². The van der Waals surface area contributed by atoms with E-state index in [9.17, 15) is 14.6 Å². The molecule has 0 aliphatic carbocycles. The average molecular weight is 258 g/mol. The number of phenolic OH excluding ortho intramolecular Hbond substituents is 2. The Morgan fingerprint density at radius 2 is 1.89 bits per heavy atom. The van der Waals surface area contributed by atoms with Gasteiger partial charge in [-0.15, -0.1) is 0 Å². The van der Waals surface area contributed by atoms with Crippen LogP contribution in [0.3, 0.4) is 0 Å². The van der Waals surface area contributed by atoms with E-state index >= 15 is 0 Å². The molecule has 0 fully saturated rings. The van der Waals surface area contributed by atoms with E-state index in [4.69, 9.17) is 0 Å². The summed E-state index contributed by atoms with van der Waals surface area (Å²) >= 11 is 0. The highest BCUT2D eigenvalue weighted by Crippen LogP contribution is 2.32. The fraction of sp³-hybridized carbons (Fsp3) is 0.0714. The lowest BCUT2D eigenvalue weighted by atomic mass is 10.2. The molecule has 2 aromatic carbocycles. The summed E-state index contributed by atoms with van der Waals surface area (Å²) in [5, 5.41) is 19.2. The maximum absolute atomic E-state index is 13.2. The Bertz CT molecular complexity index is 780. The summed E-state index contributed by atoms with van der Waals surface area (Å²) in [6, 6.07) is 8.63. The first-order chi connectivity index (χ1) is 9.06. The van der Waals surface area contributed by atoms with E-state index in [1.54, 1.807) is 23.7 Å². The molecular weight excluding hydrogens is 247 g/mol. The molecule has 4 nitrogen and oxygen atoms in total. The topological polar surface area (TPSA) is 58.3 Å². The number of phenols is 2. The van der Waals surface area contributed by atoms with Gasteiger partial charge in [0.2, 0.25) is 0 Å². The van der Waals surface area contributed by atoms with E-state index in [0.29, 0.717) is 16.9 Å². The Morgan fingerprint density at radius 3 is 2.63 bits per heavy atom. The van der Waals surface area contributed by atoms with E-state index in [0.717, 1.165) is 5.52 Å². The van der Waals surface area contributed by atoms with Crippen LogP contribution >= 0.6 is 0 Å². The molecule has 0 radical (unpaired) electrons. The number of aromatic hydroxyl groups is 2. The number of rotatable bonds is 1. The molecule has 5 heteroatoms. The van der Waals surface area contributed by atoms with Crippen LogP contribution in [0.4, 0.5) is 4.39 Å². The van der Waals surface area contributed by atoms with Gasteiger partial charge in [0, 0.05) is 19.2 Å². The van der Waals surface area contributed by atoms with Crippen LogP contribution in [0.25, 0.3) is 22.4 Å². The van der Waals surface area contributed by atoms with E-state index in [2.05, 4.69) is 4.98 Å². The van der Waals surface area contributed by atoms with Crippen LogP contribution in [0.1, 0.15) is 0 Å². The van der Waals surface area contributed by atoms with Gasteiger partial charge in [0.25, 0.3) is 0 Å². The zero-order chi connectivity index (χ0) is 13.6. The van der Waals surface area contributed by atoms with Crippen molar-refractivity contribution in [1.82, 2.24) is 9.55 Å². The van der Waals surface area contributed by atoms with Crippen LogP contribution in [0, 0.1) is 5.82 Å². The molecule has 0 amide bonds. The molecule has 0 saturated heterocycles. The fourth-order valence-corrected chi connectivity index (χ4v) is 2.12. The summed E-state index contributed by atoms with van der Waals surface area (Å²) in [5.74, 6) is 0.0649. The normalized spacial score (nSPS) is 11.1. The molecule has 0 unspecified atom stereocenters. The first-order valence-corrected chi connectivity index (χ1v) is 5.70. The maximum Gasteiger partial charge on any atom is 0.144 e. The zero-order valence-corrected chi connectivity index (χ0v) is 10.1. The van der Waals surface area contributed by atoms with E-state index in [1.165, 1.54) is 24.3 Å². The van der Waals surface area contributed by atoms with Crippen LogP contribution in [0.15, 0.2) is 36.4 Å². The van der Waals surface area contributed by atoms with Gasteiger partial charge in [-0.25, -0.2) is 9.37 Å². The molecule has 0 saturated carbocycles. The van der Waals surface area contributed by atoms with Crippen molar-refractivity contribution >= 4 is 11.0 Å². The Labute approximate surface area is 108 Å². The highest BCUT2D eigenvalue weighted by atomic mass is 19.1. The highest BCUT2D eigenvalue weighted by Gasteiger charge is 2.14. The Morgan fingerprint density at radius 1 is 1.11 bits per heavy atom. The predicted molar refractivity (Wildman–Crippen MR) is 69.4 cm³/mol. The second-order valence-electron chi connectivity index (χ2n) is 4.33. The lowest BCUT2D eigenvalue weighted by molar-refractivity contribution is 0.451. The molecule has 0 aliphatic heterocycles. The molecule has 1 aromatic heterocycles. The molecular formula is C14H11FN2O2. The highest BCUT2D eigenvalue weighted by molar-refractivity contribution is 5.82. The number of hydrogen-bond donors (Lipinski definition) is 2. The summed E-state index contributed by atoms with van der Waals surface area (Å²) in [5.41, 5.74) is 1.77. The molecule has 3 aromatic rings. The zero-order valence-electron chi connectivity index (χ0n) is 10.1. The molecule has 0 aliphatic rings. The van der Waals surface area contributed by atoms with Crippen molar-refractivity contribution in [3.8, 4) is 22.9 Å². The second kappa shape index (κ2) is 3.98. The van der Waals surface area contributed by atoms with Crippen molar-refractivity contribution in [3.63, 3.8) is 0 Å². The third-order valence-corrected chi connectivity index (χ3v) is 3.07. The Balaban J connectivity index is 2.27. The maximum atomic E-state index is 13.2. The van der Waals surface area contributed by atoms with Crippen molar-refractivity contribution in [2.24, 2.45) is 7.05 Å².